The number of benzene rings is 1. The number of halogens is 1. The summed E-state index contributed by atoms with van der Waals surface area (Å²) in [7, 11) is 0. The van der Waals surface area contributed by atoms with Gasteiger partial charge in [0.1, 0.15) is 0 Å². The summed E-state index contributed by atoms with van der Waals surface area (Å²) < 4.78 is 6.56. The summed E-state index contributed by atoms with van der Waals surface area (Å²) in [5, 5.41) is 6.99. The second-order valence-corrected chi connectivity index (χ2v) is 7.60. The van der Waals surface area contributed by atoms with Gasteiger partial charge >= 0.3 is 0 Å². The molecule has 1 unspecified atom stereocenters. The van der Waals surface area contributed by atoms with E-state index in [1.54, 1.807) is 0 Å². The van der Waals surface area contributed by atoms with E-state index in [0.29, 0.717) is 6.04 Å². The van der Waals surface area contributed by atoms with Crippen LogP contribution in [0.4, 0.5) is 5.69 Å². The Morgan fingerprint density at radius 2 is 2.08 bits per heavy atom. The summed E-state index contributed by atoms with van der Waals surface area (Å²) in [6.45, 7) is 10.6. The summed E-state index contributed by atoms with van der Waals surface area (Å²) in [4.78, 5) is 9.62. The van der Waals surface area contributed by atoms with Crippen molar-refractivity contribution < 1.29 is 4.74 Å². The SMILES string of the molecule is CCNC(=NCCN1CCOCC1)NC1CCN(c2ccccc2Br)C1. The van der Waals surface area contributed by atoms with Crippen LogP contribution in [-0.2, 0) is 4.74 Å². The Balaban J connectivity index is 1.50. The van der Waals surface area contributed by atoms with E-state index in [9.17, 15) is 0 Å². The van der Waals surface area contributed by atoms with Gasteiger partial charge in [0.15, 0.2) is 5.96 Å². The van der Waals surface area contributed by atoms with Gasteiger partial charge in [-0.15, -0.1) is 0 Å². The summed E-state index contributed by atoms with van der Waals surface area (Å²) in [5.41, 5.74) is 1.27. The van der Waals surface area contributed by atoms with E-state index < -0.39 is 0 Å². The molecule has 2 heterocycles. The van der Waals surface area contributed by atoms with Crippen molar-refractivity contribution in [3.8, 4) is 0 Å². The molecule has 3 rings (SSSR count). The van der Waals surface area contributed by atoms with Gasteiger partial charge in [-0.1, -0.05) is 12.1 Å². The van der Waals surface area contributed by atoms with Crippen molar-refractivity contribution in [2.75, 3.05) is 63.9 Å². The van der Waals surface area contributed by atoms with Crippen molar-refractivity contribution in [1.29, 1.82) is 0 Å². The first-order chi connectivity index (χ1) is 12.8. The lowest BCUT2D eigenvalue weighted by molar-refractivity contribution is 0.0394. The van der Waals surface area contributed by atoms with Crippen LogP contribution in [-0.4, -0.2) is 75.9 Å². The molecule has 2 saturated heterocycles. The maximum Gasteiger partial charge on any atom is 0.191 e. The monoisotopic (exact) mass is 423 g/mol. The number of guanidine groups is 1. The van der Waals surface area contributed by atoms with Crippen molar-refractivity contribution in [3.63, 3.8) is 0 Å². The van der Waals surface area contributed by atoms with E-state index in [2.05, 4.69) is 67.6 Å². The Bertz CT molecular complexity index is 591. The van der Waals surface area contributed by atoms with Crippen molar-refractivity contribution in [2.45, 2.75) is 19.4 Å². The molecular weight excluding hydrogens is 394 g/mol. The normalized spacial score (nSPS) is 21.8. The Hall–Kier alpha value is -1.31. The summed E-state index contributed by atoms with van der Waals surface area (Å²) in [5.74, 6) is 0.930. The van der Waals surface area contributed by atoms with Crippen molar-refractivity contribution >= 4 is 27.6 Å². The third-order valence-electron chi connectivity index (χ3n) is 4.86. The molecular formula is C19H30BrN5O. The van der Waals surface area contributed by atoms with Crippen LogP contribution in [0.1, 0.15) is 13.3 Å². The number of hydrogen-bond donors (Lipinski definition) is 2. The largest absolute Gasteiger partial charge is 0.379 e. The molecule has 0 amide bonds. The molecule has 2 N–H and O–H groups in total. The zero-order valence-electron chi connectivity index (χ0n) is 15.6. The molecule has 144 valence electrons. The summed E-state index contributed by atoms with van der Waals surface area (Å²) >= 11 is 3.66. The van der Waals surface area contributed by atoms with Crippen LogP contribution < -0.4 is 15.5 Å². The minimum atomic E-state index is 0.420. The highest BCUT2D eigenvalue weighted by Crippen LogP contribution is 2.28. The van der Waals surface area contributed by atoms with Crippen LogP contribution in [0.15, 0.2) is 33.7 Å². The molecule has 7 heteroatoms. The lowest BCUT2D eigenvalue weighted by atomic mass is 10.3. The number of morpholine rings is 1. The van der Waals surface area contributed by atoms with E-state index >= 15 is 0 Å². The molecule has 2 aliphatic rings. The van der Waals surface area contributed by atoms with Crippen molar-refractivity contribution in [1.82, 2.24) is 15.5 Å². The fourth-order valence-electron chi connectivity index (χ4n) is 3.45. The van der Waals surface area contributed by atoms with E-state index in [1.807, 2.05) is 0 Å². The van der Waals surface area contributed by atoms with Gasteiger partial charge in [0.2, 0.25) is 0 Å². The summed E-state index contributed by atoms with van der Waals surface area (Å²) in [6, 6.07) is 8.85. The molecule has 1 aromatic carbocycles. The van der Waals surface area contributed by atoms with Crippen LogP contribution >= 0.6 is 15.9 Å². The van der Waals surface area contributed by atoms with E-state index in [0.717, 1.165) is 75.9 Å². The molecule has 1 aromatic rings. The number of anilines is 1. The number of hydrogen-bond acceptors (Lipinski definition) is 4. The molecule has 1 atom stereocenters. The molecule has 0 spiro atoms. The number of nitrogens with zero attached hydrogens (tertiary/aromatic N) is 3. The maximum absolute atomic E-state index is 5.40. The average Bonchev–Trinajstić information content (AvgIpc) is 3.11. The molecule has 2 fully saturated rings. The fraction of sp³-hybridized carbons (Fsp3) is 0.632. The number of nitrogens with one attached hydrogen (secondary N) is 2. The molecule has 0 aliphatic carbocycles. The van der Waals surface area contributed by atoms with E-state index in [1.165, 1.54) is 5.69 Å². The second kappa shape index (κ2) is 10.1. The highest BCUT2D eigenvalue weighted by molar-refractivity contribution is 9.10. The van der Waals surface area contributed by atoms with Gasteiger partial charge < -0.3 is 20.3 Å². The minimum Gasteiger partial charge on any atom is -0.379 e. The van der Waals surface area contributed by atoms with Gasteiger partial charge in [0.25, 0.3) is 0 Å². The Morgan fingerprint density at radius 1 is 1.27 bits per heavy atom. The lowest BCUT2D eigenvalue weighted by Gasteiger charge is -2.26. The third kappa shape index (κ3) is 5.59. The molecule has 26 heavy (non-hydrogen) atoms. The Morgan fingerprint density at radius 3 is 2.85 bits per heavy atom. The summed E-state index contributed by atoms with van der Waals surface area (Å²) in [6.07, 6.45) is 1.12. The van der Waals surface area contributed by atoms with Gasteiger partial charge in [0, 0.05) is 49.8 Å². The van der Waals surface area contributed by atoms with Gasteiger partial charge in [-0.25, -0.2) is 0 Å². The minimum absolute atomic E-state index is 0.420. The van der Waals surface area contributed by atoms with Crippen LogP contribution in [0.3, 0.4) is 0 Å². The molecule has 0 radical (unpaired) electrons. The molecule has 0 saturated carbocycles. The first kappa shape index (κ1) is 19.5. The average molecular weight is 424 g/mol. The number of aliphatic imine (C=N–C) groups is 1. The number of para-hydroxylation sites is 1. The van der Waals surface area contributed by atoms with Gasteiger partial charge in [-0.2, -0.15) is 0 Å². The third-order valence-corrected chi connectivity index (χ3v) is 5.53. The highest BCUT2D eigenvalue weighted by atomic mass is 79.9. The predicted molar refractivity (Wildman–Crippen MR) is 111 cm³/mol. The van der Waals surface area contributed by atoms with Crippen LogP contribution in [0.25, 0.3) is 0 Å². The predicted octanol–water partition coefficient (Wildman–Crippen LogP) is 1.92. The second-order valence-electron chi connectivity index (χ2n) is 6.74. The van der Waals surface area contributed by atoms with Gasteiger partial charge in [0.05, 0.1) is 25.4 Å². The molecule has 0 bridgehead atoms. The zero-order valence-corrected chi connectivity index (χ0v) is 17.2. The van der Waals surface area contributed by atoms with Crippen LogP contribution in [0.2, 0.25) is 0 Å². The topological polar surface area (TPSA) is 52.1 Å². The highest BCUT2D eigenvalue weighted by Gasteiger charge is 2.24. The molecule has 6 nitrogen and oxygen atoms in total. The Kier molecular flexibility index (Phi) is 7.58. The van der Waals surface area contributed by atoms with Crippen molar-refractivity contribution in [3.05, 3.63) is 28.7 Å². The number of ether oxygens (including phenoxy) is 1. The smallest absolute Gasteiger partial charge is 0.191 e. The first-order valence-corrected chi connectivity index (χ1v) is 10.4. The first-order valence-electron chi connectivity index (χ1n) is 9.60. The van der Waals surface area contributed by atoms with Crippen LogP contribution in [0, 0.1) is 0 Å². The lowest BCUT2D eigenvalue weighted by Crippen LogP contribution is -2.45. The Labute approximate surface area is 165 Å². The van der Waals surface area contributed by atoms with Gasteiger partial charge in [-0.05, 0) is 41.4 Å². The number of rotatable bonds is 6. The fourth-order valence-corrected chi connectivity index (χ4v) is 3.98. The van der Waals surface area contributed by atoms with E-state index in [4.69, 9.17) is 9.73 Å². The van der Waals surface area contributed by atoms with Crippen LogP contribution in [0.5, 0.6) is 0 Å². The molecule has 2 aliphatic heterocycles. The van der Waals surface area contributed by atoms with E-state index in [-0.39, 0.29) is 0 Å². The molecule has 0 aromatic heterocycles. The quantitative estimate of drug-likeness (QED) is 0.540. The van der Waals surface area contributed by atoms with Gasteiger partial charge in [-0.3, -0.25) is 9.89 Å². The standard InChI is InChI=1S/C19H30BrN5O/c1-2-21-19(22-8-10-24-11-13-26-14-12-24)23-16-7-9-25(15-16)18-6-4-3-5-17(18)20/h3-6,16H,2,7-15H2,1H3,(H2,21,22,23). The maximum atomic E-state index is 5.40. The zero-order chi connectivity index (χ0) is 18.2. The van der Waals surface area contributed by atoms with Crippen molar-refractivity contribution in [2.24, 2.45) is 4.99 Å².